The highest BCUT2D eigenvalue weighted by atomic mass is 15.1. The number of anilines is 3. The van der Waals surface area contributed by atoms with Crippen molar-refractivity contribution in [3.63, 3.8) is 0 Å². The molecule has 0 N–H and O–H groups in total. The van der Waals surface area contributed by atoms with E-state index in [0.717, 1.165) is 17.1 Å². The van der Waals surface area contributed by atoms with Crippen LogP contribution in [0.1, 0.15) is 74.9 Å². The Morgan fingerprint density at radius 1 is 0.375 bits per heavy atom. The van der Waals surface area contributed by atoms with Gasteiger partial charge in [0.05, 0.1) is 5.69 Å². The van der Waals surface area contributed by atoms with E-state index in [9.17, 15) is 0 Å². The highest BCUT2D eigenvalue weighted by Crippen LogP contribution is 2.59. The van der Waals surface area contributed by atoms with Gasteiger partial charge >= 0.3 is 0 Å². The smallest absolute Gasteiger partial charge is 0.0540 e. The van der Waals surface area contributed by atoms with Crippen LogP contribution in [0.5, 0.6) is 0 Å². The lowest BCUT2D eigenvalue weighted by Gasteiger charge is -2.35. The van der Waals surface area contributed by atoms with Gasteiger partial charge in [0.1, 0.15) is 0 Å². The van der Waals surface area contributed by atoms with E-state index in [4.69, 9.17) is 0 Å². The largest absolute Gasteiger partial charge is 0.310 e. The first-order valence-corrected chi connectivity index (χ1v) is 22.8. The Labute approximate surface area is 379 Å². The van der Waals surface area contributed by atoms with Gasteiger partial charge in [0, 0.05) is 27.8 Å². The van der Waals surface area contributed by atoms with Crippen molar-refractivity contribution >= 4 is 17.1 Å². The van der Waals surface area contributed by atoms with E-state index >= 15 is 0 Å². The fourth-order valence-corrected chi connectivity index (χ4v) is 11.0. The lowest BCUT2D eigenvalue weighted by Crippen LogP contribution is -2.27. The molecule has 0 bridgehead atoms. The molecule has 0 heterocycles. The van der Waals surface area contributed by atoms with Crippen LogP contribution in [0.3, 0.4) is 0 Å². The summed E-state index contributed by atoms with van der Waals surface area (Å²) in [5, 5.41) is 0. The number of nitrogens with zero attached hydrogens (tertiary/aromatic N) is 1. The third kappa shape index (κ3) is 6.21. The maximum Gasteiger partial charge on any atom is 0.0540 e. The van der Waals surface area contributed by atoms with Crippen molar-refractivity contribution in [2.24, 2.45) is 0 Å². The average Bonchev–Trinajstić information content (AvgIpc) is 3.73. The number of hydrogen-bond donors (Lipinski definition) is 0. The van der Waals surface area contributed by atoms with Crippen molar-refractivity contribution < 1.29 is 0 Å². The van der Waals surface area contributed by atoms with Crippen LogP contribution in [0.15, 0.2) is 212 Å². The fraction of sp³-hybridized carbons (Fsp3) is 0.143. The summed E-state index contributed by atoms with van der Waals surface area (Å²) in [6.45, 7) is 14.3. The summed E-state index contributed by atoms with van der Waals surface area (Å²) in [4.78, 5) is 2.52. The van der Waals surface area contributed by atoms with E-state index in [1.807, 2.05) is 0 Å². The number of para-hydroxylation sites is 1. The molecule has 0 aromatic heterocycles. The molecule has 0 saturated heterocycles. The molecule has 9 aromatic carbocycles. The molecule has 0 fully saturated rings. The molecule has 11 rings (SSSR count). The monoisotopic (exact) mass is 823 g/mol. The highest BCUT2D eigenvalue weighted by molar-refractivity contribution is 5.98. The summed E-state index contributed by atoms with van der Waals surface area (Å²) < 4.78 is 0. The molecule has 1 atom stereocenters. The van der Waals surface area contributed by atoms with Gasteiger partial charge in [-0.05, 0) is 126 Å². The van der Waals surface area contributed by atoms with Crippen molar-refractivity contribution in [3.8, 4) is 55.6 Å². The summed E-state index contributed by atoms with van der Waals surface area (Å²) in [6, 6.07) is 79.1. The zero-order chi connectivity index (χ0) is 43.8. The second kappa shape index (κ2) is 15.0. The van der Waals surface area contributed by atoms with Crippen molar-refractivity contribution in [3.05, 3.63) is 246 Å². The van der Waals surface area contributed by atoms with Crippen molar-refractivity contribution in [1.29, 1.82) is 0 Å². The Morgan fingerprint density at radius 2 is 0.859 bits per heavy atom. The van der Waals surface area contributed by atoms with Gasteiger partial charge in [-0.3, -0.25) is 0 Å². The van der Waals surface area contributed by atoms with Gasteiger partial charge < -0.3 is 4.90 Å². The van der Waals surface area contributed by atoms with E-state index in [2.05, 4.69) is 259 Å². The predicted molar refractivity (Wildman–Crippen MR) is 271 cm³/mol. The Morgan fingerprint density at radius 3 is 1.50 bits per heavy atom. The van der Waals surface area contributed by atoms with Crippen molar-refractivity contribution in [1.82, 2.24) is 0 Å². The molecule has 0 spiro atoms. The Kier molecular flexibility index (Phi) is 9.26. The van der Waals surface area contributed by atoms with Crippen LogP contribution in [0.2, 0.25) is 0 Å². The summed E-state index contributed by atoms with van der Waals surface area (Å²) in [7, 11) is 0. The summed E-state index contributed by atoms with van der Waals surface area (Å²) in [5.74, 6) is 0. The van der Waals surface area contributed by atoms with Crippen LogP contribution >= 0.6 is 0 Å². The maximum atomic E-state index is 2.52. The topological polar surface area (TPSA) is 3.24 Å². The van der Waals surface area contributed by atoms with E-state index < -0.39 is 5.41 Å². The molecule has 0 aliphatic heterocycles. The minimum Gasteiger partial charge on any atom is -0.310 e. The molecule has 0 radical (unpaired) electrons. The minimum atomic E-state index is -0.477. The lowest BCUT2D eigenvalue weighted by molar-refractivity contribution is 0.566. The van der Waals surface area contributed by atoms with Crippen LogP contribution in [0.25, 0.3) is 55.6 Å². The molecule has 1 nitrogen and oxygen atoms in total. The van der Waals surface area contributed by atoms with Gasteiger partial charge in [-0.25, -0.2) is 0 Å². The molecule has 2 aliphatic carbocycles. The molecule has 1 unspecified atom stereocenters. The second-order valence-electron chi connectivity index (χ2n) is 19.4. The molecule has 0 saturated carbocycles. The number of rotatable bonds is 7. The van der Waals surface area contributed by atoms with Crippen molar-refractivity contribution in [2.75, 3.05) is 4.90 Å². The van der Waals surface area contributed by atoms with Gasteiger partial charge in [0.2, 0.25) is 0 Å². The first-order chi connectivity index (χ1) is 31.0. The van der Waals surface area contributed by atoms with E-state index in [0.29, 0.717) is 0 Å². The van der Waals surface area contributed by atoms with Crippen molar-refractivity contribution in [2.45, 2.75) is 57.8 Å². The van der Waals surface area contributed by atoms with Gasteiger partial charge in [0.25, 0.3) is 0 Å². The molecule has 64 heavy (non-hydrogen) atoms. The molecular formula is C63H53N. The molecule has 9 aromatic rings. The van der Waals surface area contributed by atoms with Gasteiger partial charge in [0.15, 0.2) is 0 Å². The van der Waals surface area contributed by atoms with Gasteiger partial charge in [-0.1, -0.05) is 217 Å². The molecule has 2 aliphatic rings. The van der Waals surface area contributed by atoms with Crippen LogP contribution in [-0.4, -0.2) is 0 Å². The highest BCUT2D eigenvalue weighted by Gasteiger charge is 2.46. The number of benzene rings is 9. The Balaban J connectivity index is 1.19. The SMILES string of the molecule is CC(C)(C)c1ccc(-c2ccccc2)c2c1C(C)(c1ccc(-c3ccccc3)cc1)c1cc(N(c3ccc4c(c3)C(C)(C)c3ccccc3-4)c3ccccc3-c3ccccc3)ccc1-2. The standard InChI is InChI=1S/C63H53N/c1-61(2,3)55-39-38-50(45-24-14-9-15-25-45)59-53-37-35-48(41-57(53)63(6,60(55)59)46-32-30-43(31-33-46)42-20-10-7-11-21-42)64(58-29-19-17-26-49(58)44-22-12-8-13-23-44)47-34-36-52-51-27-16-18-28-54(51)62(4,5)56(52)40-47/h7-41H,1-6H3. The Hall–Kier alpha value is -7.22. The predicted octanol–water partition coefficient (Wildman–Crippen LogP) is 17.1. The molecule has 1 heteroatoms. The summed E-state index contributed by atoms with van der Waals surface area (Å²) >= 11 is 0. The van der Waals surface area contributed by atoms with E-state index in [-0.39, 0.29) is 10.8 Å². The average molecular weight is 824 g/mol. The molecule has 0 amide bonds. The normalized spacial score (nSPS) is 15.5. The van der Waals surface area contributed by atoms with Crippen LogP contribution in [0.4, 0.5) is 17.1 Å². The zero-order valence-corrected chi connectivity index (χ0v) is 37.7. The minimum absolute atomic E-state index is 0.106. The van der Waals surface area contributed by atoms with E-state index in [1.165, 1.54) is 89.0 Å². The number of fused-ring (bicyclic) bond motifs is 6. The molecule has 310 valence electrons. The quantitative estimate of drug-likeness (QED) is 0.155. The summed E-state index contributed by atoms with van der Waals surface area (Å²) in [6.07, 6.45) is 0. The fourth-order valence-electron chi connectivity index (χ4n) is 11.0. The third-order valence-corrected chi connectivity index (χ3v) is 14.3. The first-order valence-electron chi connectivity index (χ1n) is 22.8. The second-order valence-corrected chi connectivity index (χ2v) is 19.4. The van der Waals surface area contributed by atoms with Crippen LogP contribution in [-0.2, 0) is 16.2 Å². The van der Waals surface area contributed by atoms with Gasteiger partial charge in [-0.15, -0.1) is 0 Å². The first kappa shape index (κ1) is 39.6. The summed E-state index contributed by atoms with van der Waals surface area (Å²) in [5.41, 5.74) is 23.4. The Bertz CT molecular complexity index is 3210. The van der Waals surface area contributed by atoms with Crippen LogP contribution < -0.4 is 4.90 Å². The number of hydrogen-bond acceptors (Lipinski definition) is 1. The van der Waals surface area contributed by atoms with Crippen LogP contribution in [0, 0.1) is 0 Å². The lowest BCUT2D eigenvalue weighted by atomic mass is 9.68. The maximum absolute atomic E-state index is 2.52. The zero-order valence-electron chi connectivity index (χ0n) is 37.7. The third-order valence-electron chi connectivity index (χ3n) is 14.3. The molecular weight excluding hydrogens is 771 g/mol. The van der Waals surface area contributed by atoms with E-state index in [1.54, 1.807) is 0 Å². The van der Waals surface area contributed by atoms with Gasteiger partial charge in [-0.2, -0.15) is 0 Å².